The molecular formula is C12H17N5O3. The quantitative estimate of drug-likeness (QED) is 0.430. The van der Waals surface area contributed by atoms with Crippen molar-refractivity contribution < 1.29 is 14.4 Å². The first-order chi connectivity index (χ1) is 9.29. The lowest BCUT2D eigenvalue weighted by molar-refractivity contribution is -0.122. The third-order valence-corrected chi connectivity index (χ3v) is 2.58. The van der Waals surface area contributed by atoms with Gasteiger partial charge in [0.15, 0.2) is 0 Å². The number of nitrogen functional groups attached to an aromatic ring is 1. The summed E-state index contributed by atoms with van der Waals surface area (Å²) in [5.41, 5.74) is 22.4. The molecule has 0 aromatic heterocycles. The number of carbonyl (C=O) groups excluding carboxylic acids is 3. The Morgan fingerprint density at radius 3 is 1.95 bits per heavy atom. The van der Waals surface area contributed by atoms with Gasteiger partial charge in [-0.2, -0.15) is 0 Å². The standard InChI is InChI=1S/C12H17N5O3/c13-9-3-7(12(16)20)1-2-8(9)4-17(5-10(14)18)6-11(15)19/h1-3H,4-6,13H2,(H2,14,18)(H2,15,19)(H2,16,20). The maximum Gasteiger partial charge on any atom is 0.248 e. The van der Waals surface area contributed by atoms with Crippen LogP contribution in [0, 0.1) is 0 Å². The lowest BCUT2D eigenvalue weighted by Gasteiger charge is -2.20. The summed E-state index contributed by atoms with van der Waals surface area (Å²) < 4.78 is 0. The highest BCUT2D eigenvalue weighted by Crippen LogP contribution is 2.16. The van der Waals surface area contributed by atoms with Crippen LogP contribution in [0.25, 0.3) is 0 Å². The van der Waals surface area contributed by atoms with Crippen molar-refractivity contribution in [3.05, 3.63) is 29.3 Å². The van der Waals surface area contributed by atoms with Crippen LogP contribution in [-0.4, -0.2) is 35.7 Å². The van der Waals surface area contributed by atoms with Crippen molar-refractivity contribution in [2.45, 2.75) is 6.54 Å². The molecule has 0 unspecified atom stereocenters. The highest BCUT2D eigenvalue weighted by molar-refractivity contribution is 5.93. The van der Waals surface area contributed by atoms with E-state index in [1.54, 1.807) is 6.07 Å². The van der Waals surface area contributed by atoms with Gasteiger partial charge in [0, 0.05) is 17.8 Å². The Morgan fingerprint density at radius 2 is 1.55 bits per heavy atom. The van der Waals surface area contributed by atoms with Gasteiger partial charge in [0.2, 0.25) is 17.7 Å². The second-order valence-corrected chi connectivity index (χ2v) is 4.36. The van der Waals surface area contributed by atoms with Crippen LogP contribution >= 0.6 is 0 Å². The molecule has 0 aliphatic rings. The predicted octanol–water partition coefficient (Wildman–Crippen LogP) is -1.86. The highest BCUT2D eigenvalue weighted by Gasteiger charge is 2.14. The highest BCUT2D eigenvalue weighted by atomic mass is 16.2. The van der Waals surface area contributed by atoms with Gasteiger partial charge in [-0.25, -0.2) is 0 Å². The number of hydrogen-bond acceptors (Lipinski definition) is 5. The van der Waals surface area contributed by atoms with E-state index < -0.39 is 17.7 Å². The van der Waals surface area contributed by atoms with E-state index in [0.717, 1.165) is 0 Å². The Labute approximate surface area is 115 Å². The summed E-state index contributed by atoms with van der Waals surface area (Å²) >= 11 is 0. The fourth-order valence-electron chi connectivity index (χ4n) is 1.74. The van der Waals surface area contributed by atoms with Crippen LogP contribution in [-0.2, 0) is 16.1 Å². The van der Waals surface area contributed by atoms with Gasteiger partial charge in [0.05, 0.1) is 13.1 Å². The van der Waals surface area contributed by atoms with Crippen molar-refractivity contribution in [1.29, 1.82) is 0 Å². The van der Waals surface area contributed by atoms with Gasteiger partial charge in [0.25, 0.3) is 0 Å². The van der Waals surface area contributed by atoms with Crippen molar-refractivity contribution in [2.75, 3.05) is 18.8 Å². The first-order valence-electron chi connectivity index (χ1n) is 5.76. The summed E-state index contributed by atoms with van der Waals surface area (Å²) in [5.74, 6) is -1.76. The van der Waals surface area contributed by atoms with Crippen LogP contribution in [0.15, 0.2) is 18.2 Å². The molecule has 0 heterocycles. The van der Waals surface area contributed by atoms with Crippen LogP contribution < -0.4 is 22.9 Å². The van der Waals surface area contributed by atoms with E-state index >= 15 is 0 Å². The zero-order valence-corrected chi connectivity index (χ0v) is 10.8. The molecule has 0 saturated carbocycles. The third kappa shape index (κ3) is 4.58. The molecule has 20 heavy (non-hydrogen) atoms. The minimum absolute atomic E-state index is 0.125. The molecule has 8 heteroatoms. The van der Waals surface area contributed by atoms with Gasteiger partial charge in [0.1, 0.15) is 0 Å². The molecule has 0 saturated heterocycles. The Morgan fingerprint density at radius 1 is 1.00 bits per heavy atom. The fraction of sp³-hybridized carbons (Fsp3) is 0.250. The summed E-state index contributed by atoms with van der Waals surface area (Å²) in [6.07, 6.45) is 0. The largest absolute Gasteiger partial charge is 0.398 e. The Bertz CT molecular complexity index is 528. The van der Waals surface area contributed by atoms with Crippen molar-refractivity contribution in [3.8, 4) is 0 Å². The van der Waals surface area contributed by atoms with Crippen molar-refractivity contribution >= 4 is 23.4 Å². The molecule has 0 aliphatic carbocycles. The van der Waals surface area contributed by atoms with Gasteiger partial charge in [-0.3, -0.25) is 19.3 Å². The molecule has 8 N–H and O–H groups in total. The molecule has 1 aromatic rings. The maximum absolute atomic E-state index is 11.0. The monoisotopic (exact) mass is 279 g/mol. The second kappa shape index (κ2) is 6.53. The summed E-state index contributed by atoms with van der Waals surface area (Å²) in [6.45, 7) is -0.0450. The van der Waals surface area contributed by atoms with Gasteiger partial charge in [-0.05, 0) is 17.7 Å². The zero-order chi connectivity index (χ0) is 15.3. The summed E-state index contributed by atoms with van der Waals surface area (Å²) in [6, 6.07) is 4.55. The van der Waals surface area contributed by atoms with Crippen LogP contribution in [0.5, 0.6) is 0 Å². The molecule has 1 aromatic carbocycles. The molecule has 0 radical (unpaired) electrons. The number of benzene rings is 1. The number of anilines is 1. The number of hydrogen-bond donors (Lipinski definition) is 4. The van der Waals surface area contributed by atoms with Crippen LogP contribution in [0.1, 0.15) is 15.9 Å². The first-order valence-corrected chi connectivity index (χ1v) is 5.76. The molecule has 3 amide bonds. The molecule has 108 valence electrons. The minimum atomic E-state index is -0.589. The third-order valence-electron chi connectivity index (χ3n) is 2.58. The Hall–Kier alpha value is -2.61. The number of nitrogens with two attached hydrogens (primary N) is 4. The van der Waals surface area contributed by atoms with Crippen molar-refractivity contribution in [1.82, 2.24) is 4.90 Å². The maximum atomic E-state index is 11.0. The van der Waals surface area contributed by atoms with Crippen LogP contribution in [0.2, 0.25) is 0 Å². The van der Waals surface area contributed by atoms with Gasteiger partial charge in [-0.15, -0.1) is 0 Å². The summed E-state index contributed by atoms with van der Waals surface area (Å²) in [7, 11) is 0. The summed E-state index contributed by atoms with van der Waals surface area (Å²) in [5, 5.41) is 0. The zero-order valence-electron chi connectivity index (χ0n) is 10.8. The van der Waals surface area contributed by atoms with E-state index in [0.29, 0.717) is 11.3 Å². The molecule has 1 rings (SSSR count). The number of carbonyl (C=O) groups is 3. The lowest BCUT2D eigenvalue weighted by Crippen LogP contribution is -2.39. The molecule has 0 aliphatic heterocycles. The first kappa shape index (κ1) is 15.4. The molecular weight excluding hydrogens is 262 g/mol. The van der Waals surface area contributed by atoms with Gasteiger partial charge in [-0.1, -0.05) is 6.07 Å². The predicted molar refractivity (Wildman–Crippen MR) is 73.0 cm³/mol. The topological polar surface area (TPSA) is 159 Å². The lowest BCUT2D eigenvalue weighted by atomic mass is 10.1. The Kier molecular flexibility index (Phi) is 5.04. The fourth-order valence-corrected chi connectivity index (χ4v) is 1.74. The average Bonchev–Trinajstić information content (AvgIpc) is 2.29. The van der Waals surface area contributed by atoms with E-state index in [1.807, 2.05) is 0 Å². The Balaban J connectivity index is 2.90. The molecule has 8 nitrogen and oxygen atoms in total. The van der Waals surface area contributed by atoms with Gasteiger partial charge < -0.3 is 22.9 Å². The number of nitrogens with zero attached hydrogens (tertiary/aromatic N) is 1. The van der Waals surface area contributed by atoms with Crippen molar-refractivity contribution in [2.24, 2.45) is 17.2 Å². The van der Waals surface area contributed by atoms with Crippen LogP contribution in [0.3, 0.4) is 0 Å². The van der Waals surface area contributed by atoms with Gasteiger partial charge >= 0.3 is 0 Å². The minimum Gasteiger partial charge on any atom is -0.398 e. The van der Waals surface area contributed by atoms with E-state index in [1.165, 1.54) is 17.0 Å². The summed E-state index contributed by atoms with van der Waals surface area (Å²) in [4.78, 5) is 34.4. The molecule has 0 fully saturated rings. The molecule has 0 atom stereocenters. The second-order valence-electron chi connectivity index (χ2n) is 4.36. The number of amides is 3. The normalized spacial score (nSPS) is 10.4. The number of primary amides is 3. The van der Waals surface area contributed by atoms with E-state index in [2.05, 4.69) is 0 Å². The SMILES string of the molecule is NC(=O)CN(CC(N)=O)Cc1ccc(C(N)=O)cc1N. The van der Waals surface area contributed by atoms with E-state index in [4.69, 9.17) is 22.9 Å². The van der Waals surface area contributed by atoms with E-state index in [9.17, 15) is 14.4 Å². The van der Waals surface area contributed by atoms with Crippen LogP contribution in [0.4, 0.5) is 5.69 Å². The number of rotatable bonds is 7. The molecule has 0 bridgehead atoms. The van der Waals surface area contributed by atoms with Crippen molar-refractivity contribution in [3.63, 3.8) is 0 Å². The molecule has 0 spiro atoms. The smallest absolute Gasteiger partial charge is 0.248 e. The average molecular weight is 279 g/mol. The van der Waals surface area contributed by atoms with E-state index in [-0.39, 0.29) is 25.2 Å².